The van der Waals surface area contributed by atoms with Crippen molar-refractivity contribution in [3.63, 3.8) is 0 Å². The zero-order valence-electron chi connectivity index (χ0n) is 14.1. The highest BCUT2D eigenvalue weighted by molar-refractivity contribution is 6.37. The van der Waals surface area contributed by atoms with Crippen molar-refractivity contribution in [2.24, 2.45) is 4.99 Å². The summed E-state index contributed by atoms with van der Waals surface area (Å²) < 4.78 is 0. The van der Waals surface area contributed by atoms with Crippen molar-refractivity contribution in [3.8, 4) is 5.75 Å². The monoisotopic (exact) mass is 452 g/mol. The molecule has 0 atom stereocenters. The first kappa shape index (κ1) is 20.5. The van der Waals surface area contributed by atoms with E-state index in [1.807, 2.05) is 0 Å². The number of phenols is 1. The Balaban J connectivity index is 1.80. The first-order valence-corrected chi connectivity index (χ1v) is 9.43. The first-order chi connectivity index (χ1) is 13.3. The maximum Gasteiger partial charge on any atom is 0.257 e. The number of benzene rings is 3. The molecule has 0 heterocycles. The van der Waals surface area contributed by atoms with E-state index >= 15 is 0 Å². The second-order valence-electron chi connectivity index (χ2n) is 5.71. The SMILES string of the molecule is O=C(Nc1cccc(N=Cc2cc(Cl)cc(Cl)c2O)c1)c1ccc(Cl)cc1Cl. The van der Waals surface area contributed by atoms with Crippen LogP contribution in [-0.4, -0.2) is 17.2 Å². The highest BCUT2D eigenvalue weighted by Crippen LogP contribution is 2.30. The second kappa shape index (κ2) is 8.84. The Bertz CT molecular complexity index is 1080. The van der Waals surface area contributed by atoms with Gasteiger partial charge in [0.1, 0.15) is 5.75 Å². The lowest BCUT2D eigenvalue weighted by Gasteiger charge is -2.08. The van der Waals surface area contributed by atoms with Gasteiger partial charge >= 0.3 is 0 Å². The Morgan fingerprint density at radius 1 is 0.929 bits per heavy atom. The van der Waals surface area contributed by atoms with Crippen LogP contribution in [0.5, 0.6) is 5.75 Å². The number of anilines is 1. The number of aromatic hydroxyl groups is 1. The van der Waals surface area contributed by atoms with Crippen LogP contribution in [0.2, 0.25) is 20.1 Å². The highest BCUT2D eigenvalue weighted by Gasteiger charge is 2.11. The normalized spacial score (nSPS) is 11.0. The number of nitrogens with zero attached hydrogens (tertiary/aromatic N) is 1. The molecule has 8 heteroatoms. The van der Waals surface area contributed by atoms with Gasteiger partial charge < -0.3 is 10.4 Å². The average Bonchev–Trinajstić information content (AvgIpc) is 2.63. The summed E-state index contributed by atoms with van der Waals surface area (Å²) in [6, 6.07) is 14.5. The Labute approximate surface area is 181 Å². The fourth-order valence-corrected chi connectivity index (χ4v) is 3.37. The maximum absolute atomic E-state index is 12.4. The minimum Gasteiger partial charge on any atom is -0.506 e. The summed E-state index contributed by atoms with van der Waals surface area (Å²) in [4.78, 5) is 16.7. The molecule has 0 aliphatic rings. The number of carbonyl (C=O) groups excluding carboxylic acids is 1. The number of nitrogens with one attached hydrogen (secondary N) is 1. The molecule has 0 radical (unpaired) electrons. The van der Waals surface area contributed by atoms with Gasteiger partial charge in [0.15, 0.2) is 0 Å². The van der Waals surface area contributed by atoms with Crippen molar-refractivity contribution < 1.29 is 9.90 Å². The largest absolute Gasteiger partial charge is 0.506 e. The molecule has 0 saturated carbocycles. The summed E-state index contributed by atoms with van der Waals surface area (Å²) in [6.07, 6.45) is 1.43. The molecule has 4 nitrogen and oxygen atoms in total. The molecule has 3 aromatic rings. The summed E-state index contributed by atoms with van der Waals surface area (Å²) in [5.41, 5.74) is 1.76. The summed E-state index contributed by atoms with van der Waals surface area (Å²) >= 11 is 23.8. The van der Waals surface area contributed by atoms with E-state index in [0.717, 1.165) is 0 Å². The van der Waals surface area contributed by atoms with Crippen LogP contribution in [-0.2, 0) is 0 Å². The predicted molar refractivity (Wildman–Crippen MR) is 116 cm³/mol. The molecule has 0 aromatic heterocycles. The Kier molecular flexibility index (Phi) is 6.47. The summed E-state index contributed by atoms with van der Waals surface area (Å²) in [5.74, 6) is -0.487. The van der Waals surface area contributed by atoms with Gasteiger partial charge in [0.05, 0.1) is 21.3 Å². The van der Waals surface area contributed by atoms with Crippen LogP contribution >= 0.6 is 46.4 Å². The molecule has 28 heavy (non-hydrogen) atoms. The van der Waals surface area contributed by atoms with Crippen molar-refractivity contribution in [1.82, 2.24) is 0 Å². The fourth-order valence-electron chi connectivity index (χ4n) is 2.36. The van der Waals surface area contributed by atoms with E-state index in [1.54, 1.807) is 42.5 Å². The minimum absolute atomic E-state index is 0.114. The van der Waals surface area contributed by atoms with Crippen LogP contribution < -0.4 is 5.32 Å². The number of amides is 1. The quantitative estimate of drug-likeness (QED) is 0.417. The topological polar surface area (TPSA) is 61.7 Å². The van der Waals surface area contributed by atoms with Gasteiger partial charge in [-0.1, -0.05) is 52.5 Å². The molecule has 0 unspecified atom stereocenters. The van der Waals surface area contributed by atoms with Crippen molar-refractivity contribution in [3.05, 3.63) is 85.8 Å². The van der Waals surface area contributed by atoms with E-state index in [1.165, 1.54) is 18.3 Å². The molecule has 0 spiro atoms. The lowest BCUT2D eigenvalue weighted by atomic mass is 10.2. The zero-order valence-corrected chi connectivity index (χ0v) is 17.1. The number of aliphatic imine (C=N–C) groups is 1. The summed E-state index contributed by atoms with van der Waals surface area (Å²) in [7, 11) is 0. The number of halogens is 4. The lowest BCUT2D eigenvalue weighted by molar-refractivity contribution is 0.102. The van der Waals surface area contributed by atoms with Gasteiger partial charge in [0.25, 0.3) is 5.91 Å². The van der Waals surface area contributed by atoms with E-state index in [9.17, 15) is 9.90 Å². The van der Waals surface area contributed by atoms with Gasteiger partial charge in [-0.25, -0.2) is 0 Å². The number of carbonyl (C=O) groups is 1. The van der Waals surface area contributed by atoms with Crippen LogP contribution in [0, 0.1) is 0 Å². The molecule has 0 aliphatic carbocycles. The van der Waals surface area contributed by atoms with Crippen molar-refractivity contribution in [2.45, 2.75) is 0 Å². The maximum atomic E-state index is 12.4. The number of rotatable bonds is 4. The van der Waals surface area contributed by atoms with Gasteiger partial charge in [-0.15, -0.1) is 0 Å². The molecule has 142 valence electrons. The number of hydrogen-bond acceptors (Lipinski definition) is 3. The number of phenolic OH excluding ortho intramolecular Hbond substituents is 1. The van der Waals surface area contributed by atoms with E-state index in [0.29, 0.717) is 32.5 Å². The molecule has 2 N–H and O–H groups in total. The molecular weight excluding hydrogens is 442 g/mol. The van der Waals surface area contributed by atoms with Crippen LogP contribution in [0.3, 0.4) is 0 Å². The lowest BCUT2D eigenvalue weighted by Crippen LogP contribution is -2.12. The molecule has 0 aliphatic heterocycles. The van der Waals surface area contributed by atoms with Gasteiger partial charge in [0, 0.05) is 27.5 Å². The highest BCUT2D eigenvalue weighted by atomic mass is 35.5. The Morgan fingerprint density at radius 2 is 1.68 bits per heavy atom. The number of hydrogen-bond donors (Lipinski definition) is 2. The molecule has 3 rings (SSSR count). The minimum atomic E-state index is -0.373. The first-order valence-electron chi connectivity index (χ1n) is 7.92. The molecule has 1 amide bonds. The van der Waals surface area contributed by atoms with E-state index in [4.69, 9.17) is 46.4 Å². The van der Waals surface area contributed by atoms with E-state index in [2.05, 4.69) is 10.3 Å². The van der Waals surface area contributed by atoms with Crippen LogP contribution in [0.4, 0.5) is 11.4 Å². The fraction of sp³-hybridized carbons (Fsp3) is 0. The van der Waals surface area contributed by atoms with Crippen LogP contribution in [0.25, 0.3) is 0 Å². The third kappa shape index (κ3) is 4.97. The molecule has 0 bridgehead atoms. The third-order valence-electron chi connectivity index (χ3n) is 3.69. The molecular formula is C20H12Cl4N2O2. The molecule has 3 aromatic carbocycles. The van der Waals surface area contributed by atoms with Crippen molar-refractivity contribution in [2.75, 3.05) is 5.32 Å². The van der Waals surface area contributed by atoms with Gasteiger partial charge in [-0.2, -0.15) is 0 Å². The second-order valence-corrected chi connectivity index (χ2v) is 7.40. The smallest absolute Gasteiger partial charge is 0.257 e. The van der Waals surface area contributed by atoms with Crippen molar-refractivity contribution >= 4 is 69.9 Å². The molecule has 0 fully saturated rings. The van der Waals surface area contributed by atoms with Crippen LogP contribution in [0.15, 0.2) is 59.6 Å². The third-order valence-corrected chi connectivity index (χ3v) is 4.74. The van der Waals surface area contributed by atoms with Gasteiger partial charge in [-0.05, 0) is 48.5 Å². The average molecular weight is 454 g/mol. The van der Waals surface area contributed by atoms with Crippen LogP contribution in [0.1, 0.15) is 15.9 Å². The Hall–Kier alpha value is -2.24. The Morgan fingerprint density at radius 3 is 2.43 bits per heavy atom. The predicted octanol–water partition coefficient (Wildman–Crippen LogP) is 7.01. The summed E-state index contributed by atoms with van der Waals surface area (Å²) in [6.45, 7) is 0. The zero-order chi connectivity index (χ0) is 20.3. The van der Waals surface area contributed by atoms with Gasteiger partial charge in [0.2, 0.25) is 0 Å². The summed E-state index contributed by atoms with van der Waals surface area (Å²) in [5, 5.41) is 14.0. The van der Waals surface area contributed by atoms with E-state index in [-0.39, 0.29) is 21.7 Å². The van der Waals surface area contributed by atoms with Crippen molar-refractivity contribution in [1.29, 1.82) is 0 Å². The molecule has 0 saturated heterocycles. The van der Waals surface area contributed by atoms with E-state index < -0.39 is 0 Å². The standard InChI is InChI=1S/C20H12Cl4N2O2/c21-12-4-5-16(17(23)7-12)20(28)26-15-3-1-2-14(9-15)25-10-11-6-13(22)8-18(24)19(11)27/h1-10,27H,(H,26,28). The van der Waals surface area contributed by atoms with Gasteiger partial charge in [-0.3, -0.25) is 9.79 Å².